The van der Waals surface area contributed by atoms with Crippen LogP contribution in [0, 0.1) is 0 Å². The molecule has 0 N–H and O–H groups in total. The molecule has 9 heteroatoms. The predicted octanol–water partition coefficient (Wildman–Crippen LogP) is 4.30. The van der Waals surface area contributed by atoms with Crippen LogP contribution >= 0.6 is 11.6 Å². The van der Waals surface area contributed by atoms with Crippen LogP contribution in [0.4, 0.5) is 18.9 Å². The summed E-state index contributed by atoms with van der Waals surface area (Å²) in [6.45, 7) is 1.33. The zero-order valence-corrected chi connectivity index (χ0v) is 15.7. The lowest BCUT2D eigenvalue weighted by Crippen LogP contribution is -2.30. The molecule has 0 atom stereocenters. The summed E-state index contributed by atoms with van der Waals surface area (Å²) in [4.78, 5) is 14.6. The van der Waals surface area contributed by atoms with Crippen molar-refractivity contribution >= 4 is 17.3 Å². The molecule has 5 nitrogen and oxygen atoms in total. The molecule has 150 valence electrons. The molecule has 0 radical (unpaired) electrons. The number of rotatable bonds is 2. The van der Waals surface area contributed by atoms with Crippen molar-refractivity contribution in [1.82, 2.24) is 9.78 Å². The maximum absolute atomic E-state index is 13.0. The van der Waals surface area contributed by atoms with Crippen molar-refractivity contribution in [3.8, 4) is 11.4 Å². The molecule has 2 aromatic carbocycles. The molecule has 29 heavy (non-hydrogen) atoms. The third kappa shape index (κ3) is 3.80. The summed E-state index contributed by atoms with van der Waals surface area (Å²) < 4.78 is 45.5. The van der Waals surface area contributed by atoms with Crippen molar-refractivity contribution in [2.45, 2.75) is 12.7 Å². The second-order valence-corrected chi connectivity index (χ2v) is 6.86. The number of ether oxygens (including phenoxy) is 1. The molecule has 0 fully saturated rings. The van der Waals surface area contributed by atoms with Crippen molar-refractivity contribution in [2.24, 2.45) is 0 Å². The average Bonchev–Trinajstić information content (AvgIpc) is 2.92. The van der Waals surface area contributed by atoms with Gasteiger partial charge in [-0.25, -0.2) is 0 Å². The molecule has 0 amide bonds. The highest BCUT2D eigenvalue weighted by Gasteiger charge is 2.31. The lowest BCUT2D eigenvalue weighted by atomic mass is 10.2. The Morgan fingerprint density at radius 3 is 2.69 bits per heavy atom. The van der Waals surface area contributed by atoms with Gasteiger partial charge in [0.2, 0.25) is 0 Å². The standard InChI is InChI=1S/C20H15ClF3N3O2/c21-18-16(26-8-9-29-17-7-2-1-4-13(17)12-26)11-25-27(19(18)28)15-6-3-5-14(10-15)20(22,23)24/h1-7,10-11H,8-9,12H2. The molecular weight excluding hydrogens is 407 g/mol. The Kier molecular flexibility index (Phi) is 4.96. The number of halogens is 4. The van der Waals surface area contributed by atoms with E-state index in [1.165, 1.54) is 18.3 Å². The Balaban J connectivity index is 1.71. The highest BCUT2D eigenvalue weighted by Crippen LogP contribution is 2.31. The fourth-order valence-electron chi connectivity index (χ4n) is 3.17. The summed E-state index contributed by atoms with van der Waals surface area (Å²) in [7, 11) is 0. The number of benzene rings is 2. The van der Waals surface area contributed by atoms with E-state index in [4.69, 9.17) is 16.3 Å². The largest absolute Gasteiger partial charge is 0.491 e. The predicted molar refractivity (Wildman–Crippen MR) is 103 cm³/mol. The molecule has 0 saturated heterocycles. The van der Waals surface area contributed by atoms with Gasteiger partial charge in [0.25, 0.3) is 5.56 Å². The van der Waals surface area contributed by atoms with Gasteiger partial charge in [-0.15, -0.1) is 0 Å². The molecule has 1 aliphatic heterocycles. The van der Waals surface area contributed by atoms with Gasteiger partial charge in [0.15, 0.2) is 0 Å². The van der Waals surface area contributed by atoms with Crippen molar-refractivity contribution in [1.29, 1.82) is 0 Å². The van der Waals surface area contributed by atoms with Gasteiger partial charge < -0.3 is 9.64 Å². The van der Waals surface area contributed by atoms with E-state index in [9.17, 15) is 18.0 Å². The van der Waals surface area contributed by atoms with E-state index in [0.29, 0.717) is 25.4 Å². The number of hydrogen-bond donors (Lipinski definition) is 0. The fourth-order valence-corrected chi connectivity index (χ4v) is 3.42. The Bertz CT molecular complexity index is 1110. The van der Waals surface area contributed by atoms with E-state index in [-0.39, 0.29) is 10.7 Å². The van der Waals surface area contributed by atoms with E-state index in [0.717, 1.165) is 28.1 Å². The first-order valence-electron chi connectivity index (χ1n) is 8.76. The summed E-state index contributed by atoms with van der Waals surface area (Å²) >= 11 is 6.31. The van der Waals surface area contributed by atoms with Gasteiger partial charge in [0, 0.05) is 12.1 Å². The maximum Gasteiger partial charge on any atom is 0.416 e. The summed E-state index contributed by atoms with van der Waals surface area (Å²) in [5, 5.41) is 3.95. The van der Waals surface area contributed by atoms with Gasteiger partial charge in [0.05, 0.1) is 29.7 Å². The summed E-state index contributed by atoms with van der Waals surface area (Å²) in [5.74, 6) is 0.761. The number of anilines is 1. The first-order chi connectivity index (χ1) is 13.8. The maximum atomic E-state index is 13.0. The summed E-state index contributed by atoms with van der Waals surface area (Å²) in [6, 6.07) is 11.9. The Labute approximate surface area is 168 Å². The monoisotopic (exact) mass is 421 g/mol. The number of nitrogens with zero attached hydrogens (tertiary/aromatic N) is 3. The first-order valence-corrected chi connectivity index (χ1v) is 9.13. The van der Waals surface area contributed by atoms with Gasteiger partial charge >= 0.3 is 6.18 Å². The van der Waals surface area contributed by atoms with Crippen molar-refractivity contribution in [2.75, 3.05) is 18.1 Å². The van der Waals surface area contributed by atoms with E-state index >= 15 is 0 Å². The zero-order chi connectivity index (χ0) is 20.6. The van der Waals surface area contributed by atoms with Gasteiger partial charge in [-0.2, -0.15) is 23.0 Å². The number of para-hydroxylation sites is 1. The average molecular weight is 422 g/mol. The smallest absolute Gasteiger partial charge is 0.416 e. The highest BCUT2D eigenvalue weighted by atomic mass is 35.5. The topological polar surface area (TPSA) is 47.4 Å². The van der Waals surface area contributed by atoms with E-state index in [1.807, 2.05) is 29.2 Å². The van der Waals surface area contributed by atoms with Crippen LogP contribution in [-0.2, 0) is 12.7 Å². The van der Waals surface area contributed by atoms with Crippen LogP contribution in [-0.4, -0.2) is 22.9 Å². The summed E-state index contributed by atoms with van der Waals surface area (Å²) in [6.07, 6.45) is -3.14. The minimum Gasteiger partial charge on any atom is -0.491 e. The molecule has 0 saturated carbocycles. The number of alkyl halides is 3. The molecule has 4 rings (SSSR count). The molecule has 0 unspecified atom stereocenters. The minimum absolute atomic E-state index is 0.0113. The Hall–Kier alpha value is -3.00. The molecular formula is C20H15ClF3N3O2. The second kappa shape index (κ2) is 7.44. The molecule has 0 bridgehead atoms. The lowest BCUT2D eigenvalue weighted by Gasteiger charge is -2.23. The third-order valence-corrected chi connectivity index (χ3v) is 4.97. The van der Waals surface area contributed by atoms with Crippen LogP contribution in [0.5, 0.6) is 5.75 Å². The molecule has 1 aliphatic rings. The normalized spacial score (nSPS) is 14.1. The van der Waals surface area contributed by atoms with Crippen LogP contribution in [0.2, 0.25) is 5.02 Å². The van der Waals surface area contributed by atoms with Crippen LogP contribution in [0.1, 0.15) is 11.1 Å². The SMILES string of the molecule is O=c1c(Cl)c(N2CCOc3ccccc3C2)cnn1-c1cccc(C(F)(F)F)c1. The van der Waals surface area contributed by atoms with Gasteiger partial charge in [-0.1, -0.05) is 35.9 Å². The molecule has 0 spiro atoms. The third-order valence-electron chi connectivity index (χ3n) is 4.61. The van der Waals surface area contributed by atoms with Crippen LogP contribution in [0.3, 0.4) is 0 Å². The van der Waals surface area contributed by atoms with Crippen molar-refractivity contribution < 1.29 is 17.9 Å². The molecule has 2 heterocycles. The van der Waals surface area contributed by atoms with Gasteiger partial charge in [-0.05, 0) is 24.3 Å². The number of fused-ring (bicyclic) bond motifs is 1. The van der Waals surface area contributed by atoms with Crippen LogP contribution in [0.25, 0.3) is 5.69 Å². The lowest BCUT2D eigenvalue weighted by molar-refractivity contribution is -0.137. The minimum atomic E-state index is -4.53. The first kappa shape index (κ1) is 19.3. The molecule has 3 aromatic rings. The molecule has 1 aromatic heterocycles. The second-order valence-electron chi connectivity index (χ2n) is 6.49. The van der Waals surface area contributed by atoms with Crippen molar-refractivity contribution in [3.05, 3.63) is 81.2 Å². The van der Waals surface area contributed by atoms with E-state index in [1.54, 1.807) is 0 Å². The van der Waals surface area contributed by atoms with Gasteiger partial charge in [0.1, 0.15) is 17.4 Å². The van der Waals surface area contributed by atoms with E-state index < -0.39 is 17.3 Å². The quantitative estimate of drug-likeness (QED) is 0.619. The van der Waals surface area contributed by atoms with Crippen molar-refractivity contribution in [3.63, 3.8) is 0 Å². The number of aromatic nitrogens is 2. The summed E-state index contributed by atoms with van der Waals surface area (Å²) in [5.41, 5.74) is -0.238. The molecule has 0 aliphatic carbocycles. The van der Waals surface area contributed by atoms with Crippen LogP contribution in [0.15, 0.2) is 59.5 Å². The fraction of sp³-hybridized carbons (Fsp3) is 0.200. The highest BCUT2D eigenvalue weighted by molar-refractivity contribution is 6.33. The van der Waals surface area contributed by atoms with Crippen LogP contribution < -0.4 is 15.2 Å². The van der Waals surface area contributed by atoms with E-state index in [2.05, 4.69) is 5.10 Å². The Morgan fingerprint density at radius 2 is 1.90 bits per heavy atom. The number of hydrogen-bond acceptors (Lipinski definition) is 4. The Morgan fingerprint density at radius 1 is 1.10 bits per heavy atom. The zero-order valence-electron chi connectivity index (χ0n) is 15.0. The van der Waals surface area contributed by atoms with Gasteiger partial charge in [-0.3, -0.25) is 4.79 Å².